The van der Waals surface area contributed by atoms with Crippen molar-refractivity contribution in [1.82, 2.24) is 0 Å². The summed E-state index contributed by atoms with van der Waals surface area (Å²) >= 11 is 0. The fourth-order valence-electron chi connectivity index (χ4n) is 14.4. The second kappa shape index (κ2) is 10.2. The Morgan fingerprint density at radius 1 is 0.896 bits per heavy atom. The molecule has 0 aromatic heterocycles. The lowest BCUT2D eigenvalue weighted by molar-refractivity contribution is -0.304. The molecule has 8 aliphatic rings. The Kier molecular flexibility index (Phi) is 7.24. The van der Waals surface area contributed by atoms with Gasteiger partial charge in [-0.3, -0.25) is 4.79 Å². The van der Waals surface area contributed by atoms with E-state index in [0.29, 0.717) is 18.8 Å². The van der Waals surface area contributed by atoms with Crippen LogP contribution in [0.15, 0.2) is 0 Å². The van der Waals surface area contributed by atoms with Gasteiger partial charge in [0.15, 0.2) is 12.1 Å². The van der Waals surface area contributed by atoms with Crippen LogP contribution in [-0.2, 0) is 28.5 Å². The summed E-state index contributed by atoms with van der Waals surface area (Å²) in [5, 5.41) is 56.2. The number of hydrogen-bond donors (Lipinski definition) is 5. The maximum Gasteiger partial charge on any atom is 0.303 e. The third kappa shape index (κ3) is 3.84. The molecule has 0 amide bonds. The van der Waals surface area contributed by atoms with Crippen LogP contribution < -0.4 is 0 Å². The van der Waals surface area contributed by atoms with Crippen molar-refractivity contribution < 1.29 is 54.0 Å². The quantitative estimate of drug-likeness (QED) is 0.219. The lowest BCUT2D eigenvalue weighted by Crippen LogP contribution is -2.64. The number of carbonyl (C=O) groups is 1. The molecule has 8 rings (SSSR count). The number of aliphatic hydroxyl groups is 5. The Hall–Kier alpha value is -0.890. The zero-order chi connectivity index (χ0) is 34.8. The van der Waals surface area contributed by atoms with Gasteiger partial charge < -0.3 is 49.2 Å². The molecule has 0 unspecified atom stereocenters. The molecule has 2 bridgehead atoms. The Labute approximate surface area is 284 Å². The summed E-state index contributed by atoms with van der Waals surface area (Å²) in [6.07, 6.45) is -1.69. The first-order valence-electron chi connectivity index (χ1n) is 18.5. The summed E-state index contributed by atoms with van der Waals surface area (Å²) in [5.74, 6) is -1.37. The number of carbonyl (C=O) groups excluding carboxylic acids is 1. The summed E-state index contributed by atoms with van der Waals surface area (Å²) in [4.78, 5) is 12.1. The molecule has 48 heavy (non-hydrogen) atoms. The summed E-state index contributed by atoms with van der Waals surface area (Å²) in [6, 6.07) is 0. The highest BCUT2D eigenvalue weighted by Gasteiger charge is 2.90. The van der Waals surface area contributed by atoms with E-state index in [2.05, 4.69) is 34.6 Å². The number of ether oxygens (including phenoxy) is 5. The minimum Gasteiger partial charge on any atom is -0.457 e. The van der Waals surface area contributed by atoms with Gasteiger partial charge in [-0.25, -0.2) is 0 Å². The number of rotatable bonds is 4. The van der Waals surface area contributed by atoms with Crippen LogP contribution in [0.2, 0.25) is 0 Å². The molecule has 5 N–H and O–H groups in total. The molecular weight excluding hydrogens is 620 g/mol. The molecule has 3 saturated heterocycles. The average molecular weight is 679 g/mol. The lowest BCUT2D eigenvalue weighted by Gasteiger charge is -2.65. The zero-order valence-corrected chi connectivity index (χ0v) is 29.8. The number of hydrogen-bond acceptors (Lipinski definition) is 11. The largest absolute Gasteiger partial charge is 0.457 e. The normalized spacial score (nSPS) is 59.4. The second-order valence-electron chi connectivity index (χ2n) is 18.9. The van der Waals surface area contributed by atoms with Gasteiger partial charge >= 0.3 is 5.97 Å². The molecule has 5 saturated carbocycles. The minimum absolute atomic E-state index is 0.0110. The predicted octanol–water partition coefficient (Wildman–Crippen LogP) is 2.66. The van der Waals surface area contributed by atoms with E-state index in [9.17, 15) is 30.3 Å². The topological polar surface area (TPSA) is 164 Å². The molecule has 11 nitrogen and oxygen atoms in total. The third-order valence-electron chi connectivity index (χ3n) is 16.3. The SMILES string of the molecule is CC(=O)OC(C)(C)[C@@H]1O[C@@]23O[C@H]1C[C@@H](C)[C@@H]2[C@@]1(C)[C@H](O)C[C@@]24C[C@@]25CC[C@H](O[C@@H]2OC[C@H](O)[C@H](O)[C@H]2O)C(C)(C)[C@H]5CC[C@H]4[C@]1(C)[C@H]3O. The second-order valence-corrected chi connectivity index (χ2v) is 18.9. The Morgan fingerprint density at radius 3 is 2.27 bits per heavy atom. The molecule has 0 aromatic rings. The third-order valence-corrected chi connectivity index (χ3v) is 16.3. The van der Waals surface area contributed by atoms with Crippen molar-refractivity contribution in [3.05, 3.63) is 0 Å². The standard InChI is InChI=1S/C37H58O11/c1-17-13-20-28(32(5,6)46-18(2)38)48-37(47-20)27(17)34(8)23(40)14-36-16-35(36)12-11-24(45-29-26(42)25(41)19(39)15-44-29)31(3,4)21(35)9-10-22(36)33(34,7)30(37)43/h17,19-30,39-43H,9-16H2,1-8H3/t17-,19+,20+,21-,22+,23-,24+,25+,26-,27-,28-,29+,30-,33-,34-,35-,36+,37+/m1/s1. The Balaban J connectivity index is 1.11. The van der Waals surface area contributed by atoms with E-state index in [0.717, 1.165) is 32.1 Å². The highest BCUT2D eigenvalue weighted by Crippen LogP contribution is 2.90. The van der Waals surface area contributed by atoms with Gasteiger partial charge in [0.25, 0.3) is 0 Å². The van der Waals surface area contributed by atoms with Gasteiger partial charge in [0.2, 0.25) is 0 Å². The highest BCUT2D eigenvalue weighted by atomic mass is 16.8. The molecule has 3 spiro atoms. The molecule has 272 valence electrons. The first-order valence-corrected chi connectivity index (χ1v) is 18.5. The number of esters is 1. The maximum absolute atomic E-state index is 12.8. The molecule has 11 heteroatoms. The van der Waals surface area contributed by atoms with E-state index in [-0.39, 0.29) is 58.8 Å². The molecule has 0 radical (unpaired) electrons. The fraction of sp³-hybridized carbons (Fsp3) is 0.973. The maximum atomic E-state index is 12.8. The van der Waals surface area contributed by atoms with Gasteiger partial charge in [-0.05, 0) is 92.8 Å². The van der Waals surface area contributed by atoms with E-state index in [1.807, 2.05) is 13.8 Å². The van der Waals surface area contributed by atoms with Crippen LogP contribution in [0.3, 0.4) is 0 Å². The molecule has 3 heterocycles. The van der Waals surface area contributed by atoms with Crippen LogP contribution in [-0.4, -0.2) is 105 Å². The van der Waals surface area contributed by atoms with Crippen molar-refractivity contribution in [2.45, 2.75) is 167 Å². The van der Waals surface area contributed by atoms with Gasteiger partial charge in [0.1, 0.15) is 36.1 Å². The van der Waals surface area contributed by atoms with Crippen LogP contribution in [0.1, 0.15) is 100 Å². The van der Waals surface area contributed by atoms with Gasteiger partial charge in [-0.15, -0.1) is 0 Å². The number of aliphatic hydroxyl groups excluding tert-OH is 5. The molecule has 3 aliphatic heterocycles. The van der Waals surface area contributed by atoms with E-state index in [1.165, 1.54) is 6.92 Å². The van der Waals surface area contributed by atoms with Crippen molar-refractivity contribution in [1.29, 1.82) is 0 Å². The van der Waals surface area contributed by atoms with Crippen molar-refractivity contribution in [3.63, 3.8) is 0 Å². The smallest absolute Gasteiger partial charge is 0.303 e. The van der Waals surface area contributed by atoms with Crippen molar-refractivity contribution in [3.8, 4) is 0 Å². The van der Waals surface area contributed by atoms with Crippen molar-refractivity contribution in [2.75, 3.05) is 6.61 Å². The van der Waals surface area contributed by atoms with Crippen LogP contribution in [0.4, 0.5) is 0 Å². The van der Waals surface area contributed by atoms with Gasteiger partial charge in [0, 0.05) is 23.7 Å². The van der Waals surface area contributed by atoms with Crippen molar-refractivity contribution >= 4 is 5.97 Å². The van der Waals surface area contributed by atoms with E-state index in [4.69, 9.17) is 23.7 Å². The van der Waals surface area contributed by atoms with Crippen molar-refractivity contribution in [2.24, 2.45) is 50.7 Å². The first kappa shape index (κ1) is 34.2. The zero-order valence-electron chi connectivity index (χ0n) is 29.8. The molecule has 18 atom stereocenters. The van der Waals surface area contributed by atoms with Gasteiger partial charge in [0.05, 0.1) is 24.9 Å². The lowest BCUT2D eigenvalue weighted by atomic mass is 9.40. The molecule has 0 aromatic carbocycles. The van der Waals surface area contributed by atoms with Crippen LogP contribution >= 0.6 is 0 Å². The molecular formula is C37H58O11. The summed E-state index contributed by atoms with van der Waals surface area (Å²) < 4.78 is 31.7. The van der Waals surface area contributed by atoms with Gasteiger partial charge in [-0.1, -0.05) is 34.6 Å². The van der Waals surface area contributed by atoms with Crippen LogP contribution in [0, 0.1) is 50.7 Å². The van der Waals surface area contributed by atoms with E-state index >= 15 is 0 Å². The average Bonchev–Trinajstić information content (AvgIpc) is 3.48. The Bertz CT molecular complexity index is 1350. The monoisotopic (exact) mass is 678 g/mol. The minimum atomic E-state index is -1.33. The van der Waals surface area contributed by atoms with Crippen LogP contribution in [0.25, 0.3) is 0 Å². The van der Waals surface area contributed by atoms with E-state index < -0.39 is 65.1 Å². The summed E-state index contributed by atoms with van der Waals surface area (Å²) in [6.45, 7) is 16.1. The fourth-order valence-corrected chi connectivity index (χ4v) is 14.4. The Morgan fingerprint density at radius 2 is 1.58 bits per heavy atom. The molecule has 8 fully saturated rings. The highest BCUT2D eigenvalue weighted by molar-refractivity contribution is 5.66. The van der Waals surface area contributed by atoms with Gasteiger partial charge in [-0.2, -0.15) is 0 Å². The van der Waals surface area contributed by atoms with Crippen LogP contribution in [0.5, 0.6) is 0 Å². The summed E-state index contributed by atoms with van der Waals surface area (Å²) in [5.41, 5.74) is -2.75. The predicted molar refractivity (Wildman–Crippen MR) is 170 cm³/mol. The summed E-state index contributed by atoms with van der Waals surface area (Å²) in [7, 11) is 0. The first-order chi connectivity index (χ1) is 22.2. The molecule has 5 aliphatic carbocycles. The van der Waals surface area contributed by atoms with E-state index in [1.54, 1.807) is 0 Å². The number of fused-ring (bicyclic) bond motifs is 4.